The number of hydrogen-bond donors (Lipinski definition) is 2. The van der Waals surface area contributed by atoms with E-state index in [2.05, 4.69) is 38.8 Å². The van der Waals surface area contributed by atoms with E-state index < -0.39 is 0 Å². The minimum Gasteiger partial charge on any atom is -0.454 e. The Balaban J connectivity index is 1.27. The zero-order chi connectivity index (χ0) is 22.1. The summed E-state index contributed by atoms with van der Waals surface area (Å²) in [6.07, 6.45) is 1.90. The molecule has 1 saturated heterocycles. The predicted molar refractivity (Wildman–Crippen MR) is 126 cm³/mol. The fourth-order valence-corrected chi connectivity index (χ4v) is 4.63. The first-order valence-corrected chi connectivity index (χ1v) is 11.1. The lowest BCUT2D eigenvalue weighted by atomic mass is 10.1. The van der Waals surface area contributed by atoms with Gasteiger partial charge in [-0.25, -0.2) is 4.98 Å². The number of ether oxygens (including phenoxy) is 2. The van der Waals surface area contributed by atoms with Gasteiger partial charge in [0.2, 0.25) is 12.6 Å². The number of carbonyl (C=O) groups is 1. The lowest BCUT2D eigenvalue weighted by Crippen LogP contribution is -2.43. The number of anilines is 4. The van der Waals surface area contributed by atoms with Crippen LogP contribution in [0.5, 0.6) is 11.5 Å². The molecule has 0 atom stereocenters. The maximum Gasteiger partial charge on any atom is 0.231 e. The van der Waals surface area contributed by atoms with E-state index >= 15 is 0 Å². The molecule has 2 aromatic carbocycles. The van der Waals surface area contributed by atoms with E-state index in [0.29, 0.717) is 27.1 Å². The fourth-order valence-electron chi connectivity index (χ4n) is 3.76. The standard InChI is InChI=1S/C23H23N5O3S/c1-2-27-9-11-28(12-10-27)17-6-4-16(5-7-17)25-23-26-22(24)21(32-23)20(29)15-3-8-18-19(13-15)31-14-30-18/h2-8,13H,1,9-12,14,24H2,(H,25,26). The van der Waals surface area contributed by atoms with Gasteiger partial charge in [-0.05, 0) is 48.7 Å². The van der Waals surface area contributed by atoms with E-state index in [9.17, 15) is 4.79 Å². The third-order valence-corrected chi connectivity index (χ3v) is 6.54. The van der Waals surface area contributed by atoms with Gasteiger partial charge in [0.1, 0.15) is 10.7 Å². The molecule has 0 radical (unpaired) electrons. The van der Waals surface area contributed by atoms with E-state index in [1.807, 2.05) is 18.3 Å². The van der Waals surface area contributed by atoms with Crippen LogP contribution in [0.3, 0.4) is 0 Å². The van der Waals surface area contributed by atoms with Crippen molar-refractivity contribution in [2.24, 2.45) is 0 Å². The summed E-state index contributed by atoms with van der Waals surface area (Å²) < 4.78 is 10.7. The SMILES string of the molecule is C=CN1CCN(c2ccc(Nc3nc(N)c(C(=O)c4ccc5c(c4)OCO5)s3)cc2)CC1. The smallest absolute Gasteiger partial charge is 0.231 e. The normalized spacial score (nSPS) is 15.0. The van der Waals surface area contributed by atoms with Gasteiger partial charge < -0.3 is 30.3 Å². The van der Waals surface area contributed by atoms with Crippen LogP contribution in [0.4, 0.5) is 22.3 Å². The molecule has 5 rings (SSSR count). The number of nitrogens with zero attached hydrogens (tertiary/aromatic N) is 3. The average molecular weight is 450 g/mol. The summed E-state index contributed by atoms with van der Waals surface area (Å²) in [7, 11) is 0. The minimum atomic E-state index is -0.194. The summed E-state index contributed by atoms with van der Waals surface area (Å²) in [4.78, 5) is 22.3. The number of rotatable bonds is 6. The van der Waals surface area contributed by atoms with Gasteiger partial charge in [-0.1, -0.05) is 17.9 Å². The Kier molecular flexibility index (Phi) is 5.32. The Morgan fingerprint density at radius 2 is 1.84 bits per heavy atom. The van der Waals surface area contributed by atoms with Crippen molar-refractivity contribution in [3.05, 3.63) is 65.7 Å². The molecule has 0 aliphatic carbocycles. The topological polar surface area (TPSA) is 93.0 Å². The predicted octanol–water partition coefficient (Wildman–Crippen LogP) is 3.69. The highest BCUT2D eigenvalue weighted by atomic mass is 32.1. The molecule has 2 aliphatic rings. The monoisotopic (exact) mass is 449 g/mol. The van der Waals surface area contributed by atoms with Gasteiger partial charge in [0.15, 0.2) is 16.6 Å². The van der Waals surface area contributed by atoms with Crippen molar-refractivity contribution in [3.63, 3.8) is 0 Å². The Bertz CT molecular complexity index is 1150. The second-order valence-corrected chi connectivity index (χ2v) is 8.51. The zero-order valence-electron chi connectivity index (χ0n) is 17.4. The van der Waals surface area contributed by atoms with Crippen LogP contribution < -0.4 is 25.4 Å². The first-order chi connectivity index (χ1) is 15.6. The van der Waals surface area contributed by atoms with Crippen LogP contribution in [0.1, 0.15) is 15.2 Å². The molecule has 2 aliphatic heterocycles. The highest BCUT2D eigenvalue weighted by Gasteiger charge is 2.22. The van der Waals surface area contributed by atoms with Crippen LogP contribution in [-0.4, -0.2) is 48.6 Å². The maximum atomic E-state index is 12.9. The summed E-state index contributed by atoms with van der Waals surface area (Å²) >= 11 is 1.23. The summed E-state index contributed by atoms with van der Waals surface area (Å²) in [6, 6.07) is 13.3. The molecule has 1 fully saturated rings. The molecule has 8 nitrogen and oxygen atoms in total. The first kappa shape index (κ1) is 20.2. The van der Waals surface area contributed by atoms with Crippen LogP contribution in [0.2, 0.25) is 0 Å². The Labute approximate surface area is 189 Å². The molecule has 0 bridgehead atoms. The van der Waals surface area contributed by atoms with E-state index in [1.54, 1.807) is 18.2 Å². The van der Waals surface area contributed by atoms with Gasteiger partial charge in [0.05, 0.1) is 0 Å². The molecular weight excluding hydrogens is 426 g/mol. The second kappa shape index (κ2) is 8.43. The van der Waals surface area contributed by atoms with E-state index in [1.165, 1.54) is 17.0 Å². The number of hydrogen-bond acceptors (Lipinski definition) is 9. The van der Waals surface area contributed by atoms with Gasteiger partial charge in [-0.2, -0.15) is 0 Å². The number of aromatic nitrogens is 1. The number of nitrogens with one attached hydrogen (secondary N) is 1. The maximum absolute atomic E-state index is 12.9. The summed E-state index contributed by atoms with van der Waals surface area (Å²) in [6.45, 7) is 7.88. The van der Waals surface area contributed by atoms with Crippen LogP contribution in [-0.2, 0) is 0 Å². The van der Waals surface area contributed by atoms with Crippen LogP contribution in [0.15, 0.2) is 55.2 Å². The molecule has 0 spiro atoms. The lowest BCUT2D eigenvalue weighted by Gasteiger charge is -2.35. The van der Waals surface area contributed by atoms with E-state index in [0.717, 1.165) is 31.9 Å². The van der Waals surface area contributed by atoms with Crippen molar-refractivity contribution in [3.8, 4) is 11.5 Å². The number of thiazole rings is 1. The molecule has 1 aromatic heterocycles. The van der Waals surface area contributed by atoms with Gasteiger partial charge in [-0.15, -0.1) is 0 Å². The third kappa shape index (κ3) is 3.94. The number of benzene rings is 2. The Hall–Kier alpha value is -3.72. The van der Waals surface area contributed by atoms with Crippen molar-refractivity contribution in [2.75, 3.05) is 48.9 Å². The van der Waals surface area contributed by atoms with Crippen LogP contribution >= 0.6 is 11.3 Å². The number of nitrogen functional groups attached to an aromatic ring is 1. The Morgan fingerprint density at radius 3 is 2.59 bits per heavy atom. The summed E-state index contributed by atoms with van der Waals surface area (Å²) in [5.74, 6) is 1.20. The van der Waals surface area contributed by atoms with Crippen molar-refractivity contribution in [1.82, 2.24) is 9.88 Å². The molecule has 3 heterocycles. The number of piperazine rings is 1. The quantitative estimate of drug-likeness (QED) is 0.551. The molecule has 9 heteroatoms. The molecule has 0 saturated carbocycles. The van der Waals surface area contributed by atoms with Gasteiger partial charge in [-0.3, -0.25) is 4.79 Å². The van der Waals surface area contributed by atoms with E-state index in [-0.39, 0.29) is 18.4 Å². The van der Waals surface area contributed by atoms with Crippen molar-refractivity contribution >= 4 is 39.4 Å². The summed E-state index contributed by atoms with van der Waals surface area (Å²) in [5, 5.41) is 3.82. The second-order valence-electron chi connectivity index (χ2n) is 7.51. The number of carbonyl (C=O) groups excluding carboxylic acids is 1. The molecule has 32 heavy (non-hydrogen) atoms. The van der Waals surface area contributed by atoms with Crippen LogP contribution in [0.25, 0.3) is 0 Å². The Morgan fingerprint density at radius 1 is 1.09 bits per heavy atom. The van der Waals surface area contributed by atoms with Gasteiger partial charge in [0, 0.05) is 43.1 Å². The van der Waals surface area contributed by atoms with Crippen LogP contribution in [0, 0.1) is 0 Å². The summed E-state index contributed by atoms with van der Waals surface area (Å²) in [5.41, 5.74) is 8.60. The highest BCUT2D eigenvalue weighted by Crippen LogP contribution is 2.35. The lowest BCUT2D eigenvalue weighted by molar-refractivity contribution is 0.104. The number of fused-ring (bicyclic) bond motifs is 1. The molecule has 0 amide bonds. The number of nitrogens with two attached hydrogens (primary N) is 1. The van der Waals surface area contributed by atoms with Gasteiger partial charge in [0.25, 0.3) is 0 Å². The fraction of sp³-hybridized carbons (Fsp3) is 0.217. The minimum absolute atomic E-state index is 0.160. The highest BCUT2D eigenvalue weighted by molar-refractivity contribution is 7.18. The number of ketones is 1. The average Bonchev–Trinajstić information content (AvgIpc) is 3.44. The van der Waals surface area contributed by atoms with Crippen molar-refractivity contribution in [1.29, 1.82) is 0 Å². The molecule has 3 N–H and O–H groups in total. The van der Waals surface area contributed by atoms with Crippen molar-refractivity contribution in [2.45, 2.75) is 0 Å². The molecule has 3 aromatic rings. The molecule has 164 valence electrons. The third-order valence-electron chi connectivity index (χ3n) is 5.55. The zero-order valence-corrected chi connectivity index (χ0v) is 18.2. The largest absolute Gasteiger partial charge is 0.454 e. The van der Waals surface area contributed by atoms with E-state index in [4.69, 9.17) is 15.2 Å². The first-order valence-electron chi connectivity index (χ1n) is 10.3. The van der Waals surface area contributed by atoms with Gasteiger partial charge >= 0.3 is 0 Å². The molecular formula is C23H23N5O3S. The van der Waals surface area contributed by atoms with Crippen molar-refractivity contribution < 1.29 is 14.3 Å². The molecule has 0 unspecified atom stereocenters.